The maximum Gasteiger partial charge on any atom is 0.265 e. The van der Waals surface area contributed by atoms with E-state index in [4.69, 9.17) is 16.3 Å². The highest BCUT2D eigenvalue weighted by Gasteiger charge is 2.25. The lowest BCUT2D eigenvalue weighted by Gasteiger charge is -2.20. The molecule has 1 aliphatic carbocycles. The summed E-state index contributed by atoms with van der Waals surface area (Å²) in [6.07, 6.45) is 5.44. The number of hydrogen-bond acceptors (Lipinski definition) is 3. The van der Waals surface area contributed by atoms with Crippen molar-refractivity contribution in [3.05, 3.63) is 16.3 Å². The molecular formula is C13H18ClNO2S. The van der Waals surface area contributed by atoms with E-state index in [0.29, 0.717) is 10.6 Å². The number of carbonyl (C=O) groups is 1. The van der Waals surface area contributed by atoms with Gasteiger partial charge in [0.1, 0.15) is 10.6 Å². The van der Waals surface area contributed by atoms with Crippen LogP contribution in [0.25, 0.3) is 0 Å². The van der Waals surface area contributed by atoms with Gasteiger partial charge in [-0.3, -0.25) is 4.79 Å². The lowest BCUT2D eigenvalue weighted by Crippen LogP contribution is -2.40. The quantitative estimate of drug-likeness (QED) is 0.683. The van der Waals surface area contributed by atoms with Crippen LogP contribution in [-0.2, 0) is 0 Å². The lowest BCUT2D eigenvalue weighted by atomic mass is 10.1. The Bertz CT molecular complexity index is 407. The van der Waals surface area contributed by atoms with Crippen LogP contribution in [0, 0.1) is 0 Å². The molecule has 18 heavy (non-hydrogen) atoms. The van der Waals surface area contributed by atoms with Crippen molar-refractivity contribution in [1.29, 1.82) is 0 Å². The summed E-state index contributed by atoms with van der Waals surface area (Å²) < 4.78 is 5.16. The van der Waals surface area contributed by atoms with Crippen LogP contribution in [0.4, 0.5) is 0 Å². The van der Waals surface area contributed by atoms with Crippen LogP contribution in [0.15, 0.2) is 11.4 Å². The van der Waals surface area contributed by atoms with E-state index in [-0.39, 0.29) is 17.3 Å². The molecule has 2 unspecified atom stereocenters. The number of rotatable bonds is 3. The fourth-order valence-electron chi connectivity index (χ4n) is 2.28. The number of alkyl halides is 1. The number of methoxy groups -OCH3 is 1. The minimum absolute atomic E-state index is 0.0439. The Morgan fingerprint density at radius 3 is 3.00 bits per heavy atom. The topological polar surface area (TPSA) is 38.3 Å². The molecule has 100 valence electrons. The number of nitrogens with one attached hydrogen (secondary N) is 1. The van der Waals surface area contributed by atoms with Gasteiger partial charge in [0.15, 0.2) is 0 Å². The van der Waals surface area contributed by atoms with Gasteiger partial charge >= 0.3 is 0 Å². The van der Waals surface area contributed by atoms with E-state index in [1.165, 1.54) is 17.8 Å². The summed E-state index contributed by atoms with van der Waals surface area (Å²) >= 11 is 7.72. The van der Waals surface area contributed by atoms with Crippen LogP contribution in [0.2, 0.25) is 0 Å². The molecule has 0 radical (unpaired) electrons. The largest absolute Gasteiger partial charge is 0.495 e. The molecule has 1 N–H and O–H groups in total. The summed E-state index contributed by atoms with van der Waals surface area (Å²) in [5.74, 6) is 0.566. The van der Waals surface area contributed by atoms with Crippen molar-refractivity contribution in [1.82, 2.24) is 5.32 Å². The molecule has 0 bridgehead atoms. The Balaban J connectivity index is 2.01. The first kappa shape index (κ1) is 13.7. The number of carbonyl (C=O) groups excluding carboxylic acids is 1. The van der Waals surface area contributed by atoms with Crippen LogP contribution in [0.1, 0.15) is 41.8 Å². The molecule has 1 aromatic rings. The zero-order chi connectivity index (χ0) is 13.0. The van der Waals surface area contributed by atoms with Gasteiger partial charge in [0.25, 0.3) is 5.91 Å². The second kappa shape index (κ2) is 6.43. The fourth-order valence-corrected chi connectivity index (χ4v) is 3.39. The second-order valence-electron chi connectivity index (χ2n) is 4.55. The predicted octanol–water partition coefficient (Wildman–Crippen LogP) is 3.43. The second-order valence-corrected chi connectivity index (χ2v) is 6.03. The third-order valence-electron chi connectivity index (χ3n) is 3.30. The Labute approximate surface area is 116 Å². The summed E-state index contributed by atoms with van der Waals surface area (Å²) in [6.45, 7) is 0. The van der Waals surface area contributed by atoms with E-state index < -0.39 is 0 Å². The molecule has 1 amide bonds. The van der Waals surface area contributed by atoms with Gasteiger partial charge in [-0.1, -0.05) is 19.3 Å². The Hall–Kier alpha value is -0.740. The molecule has 2 rings (SSSR count). The van der Waals surface area contributed by atoms with E-state index >= 15 is 0 Å². The summed E-state index contributed by atoms with van der Waals surface area (Å²) in [5, 5.41) is 4.95. The van der Waals surface area contributed by atoms with Crippen LogP contribution in [0.5, 0.6) is 5.75 Å². The first-order valence-corrected chi connectivity index (χ1v) is 7.60. The van der Waals surface area contributed by atoms with E-state index in [9.17, 15) is 4.79 Å². The monoisotopic (exact) mass is 287 g/mol. The number of ether oxygens (including phenoxy) is 1. The van der Waals surface area contributed by atoms with Crippen molar-refractivity contribution in [2.75, 3.05) is 7.11 Å². The van der Waals surface area contributed by atoms with Gasteiger partial charge in [0.05, 0.1) is 12.5 Å². The van der Waals surface area contributed by atoms with E-state index in [1.54, 1.807) is 7.11 Å². The molecule has 5 heteroatoms. The highest BCUT2D eigenvalue weighted by Crippen LogP contribution is 2.26. The van der Waals surface area contributed by atoms with Gasteiger partial charge in [-0.2, -0.15) is 0 Å². The molecule has 0 spiro atoms. The van der Waals surface area contributed by atoms with E-state index in [1.807, 2.05) is 11.4 Å². The maximum absolute atomic E-state index is 12.2. The van der Waals surface area contributed by atoms with E-state index in [2.05, 4.69) is 5.32 Å². The molecule has 1 aromatic heterocycles. The smallest absolute Gasteiger partial charge is 0.265 e. The number of hydrogen-bond donors (Lipinski definition) is 1. The average Bonchev–Trinajstić information content (AvgIpc) is 2.76. The molecule has 0 saturated heterocycles. The highest BCUT2D eigenvalue weighted by atomic mass is 35.5. The van der Waals surface area contributed by atoms with Gasteiger partial charge in [-0.05, 0) is 24.3 Å². The van der Waals surface area contributed by atoms with Crippen LogP contribution >= 0.6 is 22.9 Å². The summed E-state index contributed by atoms with van der Waals surface area (Å²) in [7, 11) is 1.58. The first-order chi connectivity index (χ1) is 8.72. The first-order valence-electron chi connectivity index (χ1n) is 6.29. The molecule has 0 aliphatic heterocycles. The van der Waals surface area contributed by atoms with Gasteiger partial charge < -0.3 is 10.1 Å². The van der Waals surface area contributed by atoms with Gasteiger partial charge in [0.2, 0.25) is 0 Å². The minimum Gasteiger partial charge on any atom is -0.495 e. The van der Waals surface area contributed by atoms with Crippen LogP contribution < -0.4 is 10.1 Å². The normalized spacial score (nSPS) is 24.3. The number of thiophene rings is 1. The van der Waals surface area contributed by atoms with Crippen LogP contribution in [-0.4, -0.2) is 24.4 Å². The zero-order valence-electron chi connectivity index (χ0n) is 10.4. The molecule has 0 aromatic carbocycles. The van der Waals surface area contributed by atoms with Crippen molar-refractivity contribution in [3.8, 4) is 5.75 Å². The minimum atomic E-state index is -0.0700. The highest BCUT2D eigenvalue weighted by molar-refractivity contribution is 7.12. The number of halogens is 1. The summed E-state index contributed by atoms with van der Waals surface area (Å²) in [6, 6.07) is 1.89. The van der Waals surface area contributed by atoms with Gasteiger partial charge in [0, 0.05) is 6.04 Å². The molecule has 1 saturated carbocycles. The van der Waals surface area contributed by atoms with Crippen molar-refractivity contribution in [3.63, 3.8) is 0 Å². The fraction of sp³-hybridized carbons (Fsp3) is 0.615. The molecular weight excluding hydrogens is 270 g/mol. The molecule has 1 fully saturated rings. The molecule has 1 aliphatic rings. The summed E-state index contributed by atoms with van der Waals surface area (Å²) in [4.78, 5) is 12.8. The third-order valence-corrected chi connectivity index (χ3v) is 4.72. The summed E-state index contributed by atoms with van der Waals surface area (Å²) in [5.41, 5.74) is 0. The zero-order valence-corrected chi connectivity index (χ0v) is 12.0. The standard InChI is InChI=1S/C13H18ClNO2S/c1-17-11-7-8-18-12(11)13(16)15-10-6-4-2-3-5-9(10)14/h7-10H,2-6H2,1H3,(H,15,16). The Morgan fingerprint density at radius 1 is 1.44 bits per heavy atom. The third kappa shape index (κ3) is 3.18. The lowest BCUT2D eigenvalue weighted by molar-refractivity contribution is 0.0935. The van der Waals surface area contributed by atoms with Gasteiger partial charge in [-0.25, -0.2) is 0 Å². The van der Waals surface area contributed by atoms with Crippen molar-refractivity contribution < 1.29 is 9.53 Å². The molecule has 3 nitrogen and oxygen atoms in total. The van der Waals surface area contributed by atoms with Crippen molar-refractivity contribution in [2.24, 2.45) is 0 Å². The average molecular weight is 288 g/mol. The van der Waals surface area contributed by atoms with Crippen molar-refractivity contribution in [2.45, 2.75) is 43.5 Å². The van der Waals surface area contributed by atoms with E-state index in [0.717, 1.165) is 25.7 Å². The Morgan fingerprint density at radius 2 is 2.22 bits per heavy atom. The molecule has 1 heterocycles. The maximum atomic E-state index is 12.2. The predicted molar refractivity (Wildman–Crippen MR) is 74.9 cm³/mol. The molecule has 2 atom stereocenters. The SMILES string of the molecule is COc1ccsc1C(=O)NC1CCCCCC1Cl. The van der Waals surface area contributed by atoms with Gasteiger partial charge in [-0.15, -0.1) is 22.9 Å². The van der Waals surface area contributed by atoms with Crippen LogP contribution in [0.3, 0.4) is 0 Å². The number of amides is 1. The van der Waals surface area contributed by atoms with Crippen molar-refractivity contribution >= 4 is 28.8 Å². The Kier molecular flexibility index (Phi) is 4.89.